The predicted octanol–water partition coefficient (Wildman–Crippen LogP) is 6.08. The van der Waals surface area contributed by atoms with Crippen molar-refractivity contribution in [3.8, 4) is 0 Å². The van der Waals surface area contributed by atoms with Gasteiger partial charge in [0.25, 0.3) is 0 Å². The van der Waals surface area contributed by atoms with Gasteiger partial charge in [-0.05, 0) is 58.8 Å². The van der Waals surface area contributed by atoms with Crippen molar-refractivity contribution in [3.05, 3.63) is 27.1 Å². The van der Waals surface area contributed by atoms with Crippen LogP contribution in [0.2, 0.25) is 0 Å². The van der Waals surface area contributed by atoms with E-state index in [1.165, 1.54) is 18.5 Å². The molecule has 0 spiro atoms. The van der Waals surface area contributed by atoms with Crippen molar-refractivity contribution in [2.45, 2.75) is 46.6 Å². The Labute approximate surface area is 128 Å². The van der Waals surface area contributed by atoms with Gasteiger partial charge in [-0.2, -0.15) is 0 Å². The summed E-state index contributed by atoms with van der Waals surface area (Å²) < 4.78 is 2.22. The number of hydrogen-bond donors (Lipinski definition) is 1. The van der Waals surface area contributed by atoms with Gasteiger partial charge in [-0.1, -0.05) is 43.6 Å². The van der Waals surface area contributed by atoms with Crippen molar-refractivity contribution in [1.29, 1.82) is 0 Å². The Bertz CT molecular complexity index is 365. The molecule has 0 heterocycles. The normalized spacial score (nSPS) is 11.6. The summed E-state index contributed by atoms with van der Waals surface area (Å²) in [5.41, 5.74) is 1.18. The summed E-state index contributed by atoms with van der Waals surface area (Å²) in [4.78, 5) is 0. The highest BCUT2D eigenvalue weighted by molar-refractivity contribution is 9.11. The highest BCUT2D eigenvalue weighted by Gasteiger charge is 2.14. The fourth-order valence-corrected chi connectivity index (χ4v) is 3.34. The molecule has 0 fully saturated rings. The maximum absolute atomic E-state index is 3.67. The third-order valence-corrected chi connectivity index (χ3v) is 3.95. The Balaban J connectivity index is 2.75. The topological polar surface area (TPSA) is 12.0 Å². The maximum atomic E-state index is 3.67. The van der Waals surface area contributed by atoms with Crippen LogP contribution in [0.3, 0.4) is 0 Å². The smallest absolute Gasteiger partial charge is 0.0487 e. The number of benzene rings is 1. The third kappa shape index (κ3) is 5.75. The number of rotatable bonds is 6. The Morgan fingerprint density at radius 3 is 2.00 bits per heavy atom. The van der Waals surface area contributed by atoms with E-state index in [1.807, 2.05) is 0 Å². The zero-order valence-electron chi connectivity index (χ0n) is 11.6. The first-order chi connectivity index (χ1) is 8.38. The van der Waals surface area contributed by atoms with Crippen LogP contribution in [0.25, 0.3) is 0 Å². The Morgan fingerprint density at radius 2 is 1.56 bits per heavy atom. The second kappa shape index (κ2) is 7.54. The quantitative estimate of drug-likeness (QED) is 0.633. The summed E-state index contributed by atoms with van der Waals surface area (Å²) in [5.74, 6) is 1.44. The first kappa shape index (κ1) is 16.0. The van der Waals surface area contributed by atoms with Crippen molar-refractivity contribution in [2.24, 2.45) is 11.8 Å². The van der Waals surface area contributed by atoms with Gasteiger partial charge in [0.05, 0.1) is 0 Å². The summed E-state index contributed by atoms with van der Waals surface area (Å²) in [6.07, 6.45) is 2.42. The zero-order chi connectivity index (χ0) is 13.7. The van der Waals surface area contributed by atoms with Crippen LogP contribution in [0, 0.1) is 11.8 Å². The maximum Gasteiger partial charge on any atom is 0.0487 e. The van der Waals surface area contributed by atoms with Crippen LogP contribution in [0.15, 0.2) is 27.1 Å². The summed E-state index contributed by atoms with van der Waals surface area (Å²) in [6, 6.07) is 6.84. The van der Waals surface area contributed by atoms with Gasteiger partial charge in [0.1, 0.15) is 0 Å². The lowest BCUT2D eigenvalue weighted by Gasteiger charge is -2.24. The van der Waals surface area contributed by atoms with Gasteiger partial charge in [0.15, 0.2) is 0 Å². The molecular weight excluding hydrogens is 354 g/mol. The fraction of sp³-hybridized carbons (Fsp3) is 0.600. The highest BCUT2D eigenvalue weighted by Crippen LogP contribution is 2.28. The van der Waals surface area contributed by atoms with Crippen LogP contribution in [-0.4, -0.2) is 6.04 Å². The molecule has 1 nitrogen and oxygen atoms in total. The minimum Gasteiger partial charge on any atom is -0.381 e. The van der Waals surface area contributed by atoms with Crippen molar-refractivity contribution >= 4 is 37.5 Å². The lowest BCUT2D eigenvalue weighted by molar-refractivity contribution is 0.442. The van der Waals surface area contributed by atoms with Gasteiger partial charge >= 0.3 is 0 Å². The van der Waals surface area contributed by atoms with E-state index in [0.29, 0.717) is 6.04 Å². The molecule has 0 radical (unpaired) electrons. The van der Waals surface area contributed by atoms with Gasteiger partial charge in [-0.25, -0.2) is 0 Å². The van der Waals surface area contributed by atoms with E-state index in [9.17, 15) is 0 Å². The lowest BCUT2D eigenvalue weighted by atomic mass is 9.95. The summed E-state index contributed by atoms with van der Waals surface area (Å²) in [7, 11) is 0. The Hall–Kier alpha value is -0.0200. The van der Waals surface area contributed by atoms with E-state index in [1.54, 1.807) is 0 Å². The molecule has 0 bridgehead atoms. The molecule has 18 heavy (non-hydrogen) atoms. The van der Waals surface area contributed by atoms with Crippen LogP contribution in [0.1, 0.15) is 40.5 Å². The highest BCUT2D eigenvalue weighted by atomic mass is 79.9. The molecule has 0 saturated heterocycles. The van der Waals surface area contributed by atoms with E-state index < -0.39 is 0 Å². The van der Waals surface area contributed by atoms with Crippen LogP contribution < -0.4 is 5.32 Å². The number of halogens is 2. The van der Waals surface area contributed by atoms with Gasteiger partial charge in [-0.15, -0.1) is 0 Å². The van der Waals surface area contributed by atoms with Crippen LogP contribution in [0.4, 0.5) is 5.69 Å². The number of nitrogens with one attached hydrogen (secondary N) is 1. The molecule has 3 heteroatoms. The van der Waals surface area contributed by atoms with Gasteiger partial charge in [-0.3, -0.25) is 0 Å². The first-order valence-electron chi connectivity index (χ1n) is 6.60. The molecule has 0 unspecified atom stereocenters. The summed E-state index contributed by atoms with van der Waals surface area (Å²) in [5, 5.41) is 3.67. The zero-order valence-corrected chi connectivity index (χ0v) is 14.8. The molecule has 0 aliphatic heterocycles. The average molecular weight is 377 g/mol. The molecule has 0 atom stereocenters. The lowest BCUT2D eigenvalue weighted by Crippen LogP contribution is -2.23. The van der Waals surface area contributed by atoms with E-state index in [-0.39, 0.29) is 0 Å². The molecule has 1 rings (SSSR count). The second-order valence-corrected chi connectivity index (χ2v) is 7.49. The molecule has 0 aliphatic carbocycles. The Kier molecular flexibility index (Phi) is 6.72. The summed E-state index contributed by atoms with van der Waals surface area (Å²) >= 11 is 7.10. The second-order valence-electron chi connectivity index (χ2n) is 5.72. The van der Waals surface area contributed by atoms with E-state index in [2.05, 4.69) is 83.1 Å². The SMILES string of the molecule is CC(C)CC(CC(C)C)Nc1ccc(Br)cc1Br. The third-order valence-electron chi connectivity index (χ3n) is 2.80. The first-order valence-corrected chi connectivity index (χ1v) is 8.18. The van der Waals surface area contributed by atoms with Gasteiger partial charge < -0.3 is 5.32 Å². The number of anilines is 1. The van der Waals surface area contributed by atoms with E-state index in [4.69, 9.17) is 0 Å². The molecule has 0 amide bonds. The summed E-state index contributed by atoms with van der Waals surface area (Å²) in [6.45, 7) is 9.13. The van der Waals surface area contributed by atoms with Crippen molar-refractivity contribution in [3.63, 3.8) is 0 Å². The van der Waals surface area contributed by atoms with Crippen LogP contribution >= 0.6 is 31.9 Å². The molecule has 102 valence electrons. The molecular formula is C15H23Br2N. The number of hydrogen-bond acceptors (Lipinski definition) is 1. The largest absolute Gasteiger partial charge is 0.381 e. The molecule has 1 N–H and O–H groups in total. The fourth-order valence-electron chi connectivity index (χ4n) is 2.18. The minimum atomic E-state index is 0.544. The molecule has 1 aromatic rings. The van der Waals surface area contributed by atoms with Crippen LogP contribution in [0.5, 0.6) is 0 Å². The van der Waals surface area contributed by atoms with Crippen molar-refractivity contribution in [2.75, 3.05) is 5.32 Å². The monoisotopic (exact) mass is 375 g/mol. The van der Waals surface area contributed by atoms with Crippen molar-refractivity contribution < 1.29 is 0 Å². The average Bonchev–Trinajstić information content (AvgIpc) is 2.20. The van der Waals surface area contributed by atoms with Crippen LogP contribution in [-0.2, 0) is 0 Å². The Morgan fingerprint density at radius 1 is 1.00 bits per heavy atom. The van der Waals surface area contributed by atoms with Gasteiger partial charge in [0.2, 0.25) is 0 Å². The molecule has 1 aromatic carbocycles. The standard InChI is InChI=1S/C15H23Br2N/c1-10(2)7-13(8-11(3)4)18-15-6-5-12(16)9-14(15)17/h5-6,9-11,13,18H,7-8H2,1-4H3. The van der Waals surface area contributed by atoms with E-state index >= 15 is 0 Å². The minimum absolute atomic E-state index is 0.544. The predicted molar refractivity (Wildman–Crippen MR) is 88.2 cm³/mol. The molecule has 0 aromatic heterocycles. The van der Waals surface area contributed by atoms with Gasteiger partial charge in [0, 0.05) is 20.7 Å². The van der Waals surface area contributed by atoms with Crippen molar-refractivity contribution in [1.82, 2.24) is 0 Å². The molecule has 0 saturated carbocycles. The molecule has 0 aliphatic rings. The van der Waals surface area contributed by atoms with E-state index in [0.717, 1.165) is 20.8 Å².